The number of aliphatic hydroxyl groups is 1. The van der Waals surface area contributed by atoms with E-state index in [0.717, 1.165) is 17.9 Å². The number of carbonyl (C=O) groups is 1. The third kappa shape index (κ3) is 3.75. The number of amides is 1. The monoisotopic (exact) mass is 269 g/mol. The van der Waals surface area contributed by atoms with Gasteiger partial charge in [0.25, 0.3) is 5.91 Å². The van der Waals surface area contributed by atoms with Gasteiger partial charge in [-0.2, -0.15) is 11.8 Å². The Kier molecular flexibility index (Phi) is 5.13. The van der Waals surface area contributed by atoms with Gasteiger partial charge >= 0.3 is 0 Å². The minimum Gasteiger partial charge on any atom is -0.380 e. The van der Waals surface area contributed by atoms with Crippen LogP contribution >= 0.6 is 11.8 Å². The zero-order valence-electron chi connectivity index (χ0n) is 10.9. The quantitative estimate of drug-likeness (QED) is 0.770. The van der Waals surface area contributed by atoms with Gasteiger partial charge in [0.15, 0.2) is 0 Å². The fourth-order valence-corrected chi connectivity index (χ4v) is 3.74. The summed E-state index contributed by atoms with van der Waals surface area (Å²) in [5.74, 6) is 1.60. The lowest BCUT2D eigenvalue weighted by Gasteiger charge is -2.30. The molecule has 1 saturated heterocycles. The fourth-order valence-electron chi connectivity index (χ4n) is 2.57. The van der Waals surface area contributed by atoms with Crippen LogP contribution in [0.15, 0.2) is 11.6 Å². The molecule has 1 heterocycles. The van der Waals surface area contributed by atoms with Crippen molar-refractivity contribution in [2.75, 3.05) is 18.1 Å². The molecule has 0 spiro atoms. The Balaban J connectivity index is 1.72. The second-order valence-corrected chi connectivity index (χ2v) is 6.48. The Morgan fingerprint density at radius 2 is 2.17 bits per heavy atom. The molecule has 2 rings (SSSR count). The molecule has 0 aromatic rings. The molecule has 102 valence electrons. The van der Waals surface area contributed by atoms with Gasteiger partial charge in [-0.15, -0.1) is 0 Å². The Bertz CT molecular complexity index is 322. The second kappa shape index (κ2) is 6.62. The van der Waals surface area contributed by atoms with Crippen LogP contribution in [0.4, 0.5) is 0 Å². The van der Waals surface area contributed by atoms with Crippen LogP contribution in [0.3, 0.4) is 0 Å². The van der Waals surface area contributed by atoms with Crippen LogP contribution in [0.2, 0.25) is 0 Å². The maximum atomic E-state index is 12.0. The van der Waals surface area contributed by atoms with Crippen molar-refractivity contribution < 1.29 is 9.90 Å². The Morgan fingerprint density at radius 1 is 1.39 bits per heavy atom. The van der Waals surface area contributed by atoms with Gasteiger partial charge in [0.2, 0.25) is 0 Å². The van der Waals surface area contributed by atoms with Gasteiger partial charge < -0.3 is 10.4 Å². The van der Waals surface area contributed by atoms with Crippen molar-refractivity contribution in [2.45, 2.75) is 50.5 Å². The van der Waals surface area contributed by atoms with Gasteiger partial charge in [-0.05, 0) is 56.5 Å². The van der Waals surface area contributed by atoms with Crippen LogP contribution < -0.4 is 5.32 Å². The molecule has 0 aromatic carbocycles. The maximum absolute atomic E-state index is 12.0. The maximum Gasteiger partial charge on any atom is 0.252 e. The number of nitrogens with one attached hydrogen (secondary N) is 1. The minimum absolute atomic E-state index is 0.167. The molecule has 0 atom stereocenters. The standard InChI is InChI=1S/C14H23NO2S/c16-13(14(17)7-10-18-11-8-14)15-9-6-12-4-2-1-3-5-12/h4,17H,1-3,5-11H2,(H,15,16). The van der Waals surface area contributed by atoms with E-state index >= 15 is 0 Å². The van der Waals surface area contributed by atoms with Crippen LogP contribution in [0.25, 0.3) is 0 Å². The number of allylic oxidation sites excluding steroid dienone is 1. The fraction of sp³-hybridized carbons (Fsp3) is 0.786. The highest BCUT2D eigenvalue weighted by atomic mass is 32.2. The number of carbonyl (C=O) groups excluding carboxylic acids is 1. The van der Waals surface area contributed by atoms with Crippen molar-refractivity contribution in [3.8, 4) is 0 Å². The van der Waals surface area contributed by atoms with E-state index in [0.29, 0.717) is 19.4 Å². The lowest BCUT2D eigenvalue weighted by molar-refractivity contribution is -0.140. The van der Waals surface area contributed by atoms with Crippen molar-refractivity contribution in [2.24, 2.45) is 0 Å². The molecule has 0 bridgehead atoms. The van der Waals surface area contributed by atoms with Gasteiger partial charge in [0.1, 0.15) is 5.60 Å². The summed E-state index contributed by atoms with van der Waals surface area (Å²) >= 11 is 1.81. The summed E-state index contributed by atoms with van der Waals surface area (Å²) in [6.45, 7) is 0.667. The first-order valence-electron chi connectivity index (χ1n) is 6.97. The van der Waals surface area contributed by atoms with E-state index in [1.54, 1.807) is 0 Å². The van der Waals surface area contributed by atoms with Gasteiger partial charge in [-0.25, -0.2) is 0 Å². The highest BCUT2D eigenvalue weighted by Gasteiger charge is 2.36. The molecular weight excluding hydrogens is 246 g/mol. The normalized spacial score (nSPS) is 23.3. The SMILES string of the molecule is O=C(NCCC1=CCCCC1)C1(O)CCSCC1. The van der Waals surface area contributed by atoms with Crippen molar-refractivity contribution in [3.05, 3.63) is 11.6 Å². The van der Waals surface area contributed by atoms with E-state index in [4.69, 9.17) is 0 Å². The minimum atomic E-state index is -1.10. The predicted molar refractivity (Wildman–Crippen MR) is 75.7 cm³/mol. The summed E-state index contributed by atoms with van der Waals surface area (Å²) in [6, 6.07) is 0. The Labute approximate surface area is 113 Å². The largest absolute Gasteiger partial charge is 0.380 e. The number of hydrogen-bond acceptors (Lipinski definition) is 3. The molecule has 1 aliphatic heterocycles. The summed E-state index contributed by atoms with van der Waals surface area (Å²) in [6.07, 6.45) is 9.37. The van der Waals surface area contributed by atoms with Crippen LogP contribution in [-0.4, -0.2) is 34.7 Å². The molecule has 2 N–H and O–H groups in total. The van der Waals surface area contributed by atoms with E-state index in [1.165, 1.54) is 31.3 Å². The number of thioether (sulfide) groups is 1. The van der Waals surface area contributed by atoms with Gasteiger partial charge in [0.05, 0.1) is 0 Å². The van der Waals surface area contributed by atoms with Crippen molar-refractivity contribution in [1.29, 1.82) is 0 Å². The highest BCUT2D eigenvalue weighted by Crippen LogP contribution is 2.27. The predicted octanol–water partition coefficient (Wildman–Crippen LogP) is 2.25. The van der Waals surface area contributed by atoms with Crippen molar-refractivity contribution >= 4 is 17.7 Å². The summed E-state index contributed by atoms with van der Waals surface area (Å²) in [4.78, 5) is 12.0. The van der Waals surface area contributed by atoms with Gasteiger partial charge in [-0.1, -0.05) is 11.6 Å². The average Bonchev–Trinajstić information content (AvgIpc) is 2.41. The molecule has 1 aliphatic carbocycles. The molecule has 0 radical (unpaired) electrons. The molecule has 4 heteroatoms. The highest BCUT2D eigenvalue weighted by molar-refractivity contribution is 7.99. The zero-order valence-corrected chi connectivity index (χ0v) is 11.7. The van der Waals surface area contributed by atoms with Gasteiger partial charge in [-0.3, -0.25) is 4.79 Å². The second-order valence-electron chi connectivity index (χ2n) is 5.26. The number of hydrogen-bond donors (Lipinski definition) is 2. The molecule has 1 fully saturated rings. The van der Waals surface area contributed by atoms with E-state index in [2.05, 4.69) is 11.4 Å². The van der Waals surface area contributed by atoms with Crippen LogP contribution in [0, 0.1) is 0 Å². The van der Waals surface area contributed by atoms with Crippen LogP contribution in [0.1, 0.15) is 44.9 Å². The molecule has 0 saturated carbocycles. The van der Waals surface area contributed by atoms with Crippen LogP contribution in [0.5, 0.6) is 0 Å². The van der Waals surface area contributed by atoms with Gasteiger partial charge in [0, 0.05) is 6.54 Å². The van der Waals surface area contributed by atoms with Crippen molar-refractivity contribution in [1.82, 2.24) is 5.32 Å². The van der Waals surface area contributed by atoms with E-state index < -0.39 is 5.60 Å². The topological polar surface area (TPSA) is 49.3 Å². The number of rotatable bonds is 4. The third-order valence-electron chi connectivity index (χ3n) is 3.86. The third-order valence-corrected chi connectivity index (χ3v) is 4.84. The lowest BCUT2D eigenvalue weighted by atomic mass is 9.95. The molecular formula is C14H23NO2S. The summed E-state index contributed by atoms with van der Waals surface area (Å²) in [7, 11) is 0. The molecule has 0 aromatic heterocycles. The van der Waals surface area contributed by atoms with E-state index in [-0.39, 0.29) is 5.91 Å². The zero-order chi connectivity index (χ0) is 12.8. The van der Waals surface area contributed by atoms with E-state index in [1.807, 2.05) is 11.8 Å². The average molecular weight is 269 g/mol. The first-order chi connectivity index (χ1) is 8.71. The first kappa shape index (κ1) is 13.9. The summed E-state index contributed by atoms with van der Waals surface area (Å²) in [5, 5.41) is 13.1. The molecule has 3 nitrogen and oxygen atoms in total. The first-order valence-corrected chi connectivity index (χ1v) is 8.12. The van der Waals surface area contributed by atoms with E-state index in [9.17, 15) is 9.90 Å². The Morgan fingerprint density at radius 3 is 2.83 bits per heavy atom. The molecule has 1 amide bonds. The lowest BCUT2D eigenvalue weighted by Crippen LogP contribution is -2.49. The van der Waals surface area contributed by atoms with Crippen molar-refractivity contribution in [3.63, 3.8) is 0 Å². The Hall–Kier alpha value is -0.480. The summed E-state index contributed by atoms with van der Waals surface area (Å²) in [5.41, 5.74) is 0.361. The molecule has 2 aliphatic rings. The summed E-state index contributed by atoms with van der Waals surface area (Å²) < 4.78 is 0. The smallest absolute Gasteiger partial charge is 0.252 e. The molecule has 0 unspecified atom stereocenters. The van der Waals surface area contributed by atoms with Crippen LogP contribution in [-0.2, 0) is 4.79 Å². The molecule has 18 heavy (non-hydrogen) atoms.